The van der Waals surface area contributed by atoms with E-state index in [1.54, 1.807) is 6.20 Å². The van der Waals surface area contributed by atoms with Crippen molar-refractivity contribution < 1.29 is 4.79 Å². The molecule has 1 aliphatic heterocycles. The molecule has 0 radical (unpaired) electrons. The Morgan fingerprint density at radius 3 is 3.11 bits per heavy atom. The van der Waals surface area contributed by atoms with Crippen LogP contribution >= 0.6 is 0 Å². The molecule has 1 aromatic heterocycles. The lowest BCUT2D eigenvalue weighted by Crippen LogP contribution is -2.40. The van der Waals surface area contributed by atoms with Gasteiger partial charge in [-0.05, 0) is 31.0 Å². The second-order valence-electron chi connectivity index (χ2n) is 4.86. The minimum atomic E-state index is -0.0251. The molecule has 0 unspecified atom stereocenters. The smallest absolute Gasteiger partial charge is 0.237 e. The molecule has 3 rings (SSSR count). The highest BCUT2D eigenvalue weighted by Crippen LogP contribution is 2.15. The first kappa shape index (κ1) is 12.1. The zero-order valence-corrected chi connectivity index (χ0v) is 10.7. The van der Waals surface area contributed by atoms with Gasteiger partial charge in [-0.25, -0.2) is 0 Å². The van der Waals surface area contributed by atoms with E-state index in [4.69, 9.17) is 0 Å². The number of hydrogen-bond donors (Lipinski definition) is 2. The van der Waals surface area contributed by atoms with Gasteiger partial charge in [0, 0.05) is 18.1 Å². The summed E-state index contributed by atoms with van der Waals surface area (Å²) in [6.45, 7) is 1.47. The largest absolute Gasteiger partial charge is 0.351 e. The fourth-order valence-electron chi connectivity index (χ4n) is 2.52. The van der Waals surface area contributed by atoms with Crippen LogP contribution in [0.15, 0.2) is 36.5 Å². The van der Waals surface area contributed by atoms with Crippen LogP contribution < -0.4 is 10.6 Å². The summed E-state index contributed by atoms with van der Waals surface area (Å²) in [5.41, 5.74) is 2.02. The maximum absolute atomic E-state index is 12.0. The molecule has 0 bridgehead atoms. The highest BCUT2D eigenvalue weighted by Gasteiger charge is 2.21. The Morgan fingerprint density at radius 2 is 2.26 bits per heavy atom. The molecular formula is C15H17N3O. The van der Waals surface area contributed by atoms with Gasteiger partial charge in [0.2, 0.25) is 5.91 Å². The van der Waals surface area contributed by atoms with Gasteiger partial charge < -0.3 is 10.6 Å². The molecule has 4 nitrogen and oxygen atoms in total. The Kier molecular flexibility index (Phi) is 3.42. The first-order valence-corrected chi connectivity index (χ1v) is 6.68. The van der Waals surface area contributed by atoms with Crippen molar-refractivity contribution in [3.63, 3.8) is 0 Å². The SMILES string of the molecule is O=C(NCc1cccc2cccnc12)[C@H]1CCCN1. The van der Waals surface area contributed by atoms with Gasteiger partial charge in [0.15, 0.2) is 0 Å². The number of fused-ring (bicyclic) bond motifs is 1. The molecule has 19 heavy (non-hydrogen) atoms. The summed E-state index contributed by atoms with van der Waals surface area (Å²) in [6, 6.07) is 9.98. The monoisotopic (exact) mass is 255 g/mol. The van der Waals surface area contributed by atoms with Gasteiger partial charge in [0.05, 0.1) is 11.6 Å². The van der Waals surface area contributed by atoms with E-state index in [2.05, 4.69) is 15.6 Å². The topological polar surface area (TPSA) is 54.0 Å². The zero-order valence-electron chi connectivity index (χ0n) is 10.7. The normalized spacial score (nSPS) is 18.6. The van der Waals surface area contributed by atoms with Gasteiger partial charge in [-0.2, -0.15) is 0 Å². The third-order valence-electron chi connectivity index (χ3n) is 3.55. The molecule has 1 fully saturated rings. The average Bonchev–Trinajstić information content (AvgIpc) is 2.99. The number of para-hydroxylation sites is 1. The summed E-state index contributed by atoms with van der Waals surface area (Å²) in [5.74, 6) is 0.0884. The van der Waals surface area contributed by atoms with E-state index in [9.17, 15) is 4.79 Å². The minimum absolute atomic E-state index is 0.0251. The first-order chi connectivity index (χ1) is 9.34. The molecule has 1 aromatic carbocycles. The Hall–Kier alpha value is -1.94. The molecule has 0 aliphatic carbocycles. The molecule has 1 amide bonds. The number of amides is 1. The molecule has 4 heteroatoms. The summed E-state index contributed by atoms with van der Waals surface area (Å²) >= 11 is 0. The number of benzene rings is 1. The van der Waals surface area contributed by atoms with Crippen molar-refractivity contribution in [2.45, 2.75) is 25.4 Å². The van der Waals surface area contributed by atoms with Crippen molar-refractivity contribution in [1.29, 1.82) is 0 Å². The van der Waals surface area contributed by atoms with Gasteiger partial charge in [-0.15, -0.1) is 0 Å². The number of hydrogen-bond acceptors (Lipinski definition) is 3. The standard InChI is InChI=1S/C15H17N3O/c19-15(13-7-3-8-16-13)18-10-12-5-1-4-11-6-2-9-17-14(11)12/h1-2,4-6,9,13,16H,3,7-8,10H2,(H,18,19)/t13-/m1/s1. The van der Waals surface area contributed by atoms with Gasteiger partial charge in [0.1, 0.15) is 0 Å². The van der Waals surface area contributed by atoms with Gasteiger partial charge in [-0.3, -0.25) is 9.78 Å². The maximum Gasteiger partial charge on any atom is 0.237 e. The molecule has 2 N–H and O–H groups in total. The zero-order chi connectivity index (χ0) is 13.1. The Bertz CT molecular complexity index is 585. The fourth-order valence-corrected chi connectivity index (χ4v) is 2.52. The average molecular weight is 255 g/mol. The minimum Gasteiger partial charge on any atom is -0.351 e. The van der Waals surface area contributed by atoms with Crippen LogP contribution in [0.3, 0.4) is 0 Å². The van der Waals surface area contributed by atoms with Crippen LogP contribution in [0.2, 0.25) is 0 Å². The number of rotatable bonds is 3. The molecule has 98 valence electrons. The van der Waals surface area contributed by atoms with E-state index in [-0.39, 0.29) is 11.9 Å². The van der Waals surface area contributed by atoms with Crippen LogP contribution in [0.4, 0.5) is 0 Å². The predicted octanol–water partition coefficient (Wildman–Crippen LogP) is 1.60. The van der Waals surface area contributed by atoms with Gasteiger partial charge in [-0.1, -0.05) is 24.3 Å². The van der Waals surface area contributed by atoms with Crippen LogP contribution in [0.1, 0.15) is 18.4 Å². The van der Waals surface area contributed by atoms with Crippen molar-refractivity contribution in [1.82, 2.24) is 15.6 Å². The number of nitrogens with zero attached hydrogens (tertiary/aromatic N) is 1. The molecule has 1 aliphatic rings. The summed E-state index contributed by atoms with van der Waals surface area (Å²) in [6.07, 6.45) is 3.79. The van der Waals surface area contributed by atoms with Crippen molar-refractivity contribution in [2.24, 2.45) is 0 Å². The van der Waals surface area contributed by atoms with E-state index < -0.39 is 0 Å². The lowest BCUT2D eigenvalue weighted by atomic mass is 10.1. The van der Waals surface area contributed by atoms with E-state index >= 15 is 0 Å². The number of carbonyl (C=O) groups excluding carboxylic acids is 1. The summed E-state index contributed by atoms with van der Waals surface area (Å²) in [5, 5.41) is 7.30. The summed E-state index contributed by atoms with van der Waals surface area (Å²) in [7, 11) is 0. The van der Waals surface area contributed by atoms with Crippen LogP contribution in [-0.2, 0) is 11.3 Å². The number of nitrogens with one attached hydrogen (secondary N) is 2. The van der Waals surface area contributed by atoms with E-state index in [0.29, 0.717) is 6.54 Å². The van der Waals surface area contributed by atoms with E-state index in [0.717, 1.165) is 35.9 Å². The Labute approximate surface area is 112 Å². The molecule has 2 aromatic rings. The Balaban J connectivity index is 1.73. The molecule has 2 heterocycles. The second-order valence-corrected chi connectivity index (χ2v) is 4.86. The number of aromatic nitrogens is 1. The summed E-state index contributed by atoms with van der Waals surface area (Å²) < 4.78 is 0. The fraction of sp³-hybridized carbons (Fsp3) is 0.333. The van der Waals surface area contributed by atoms with Gasteiger partial charge in [0.25, 0.3) is 0 Å². The molecule has 1 saturated heterocycles. The second kappa shape index (κ2) is 5.36. The molecule has 1 atom stereocenters. The Morgan fingerprint density at radius 1 is 1.37 bits per heavy atom. The quantitative estimate of drug-likeness (QED) is 0.876. The third kappa shape index (κ3) is 2.58. The maximum atomic E-state index is 12.0. The lowest BCUT2D eigenvalue weighted by Gasteiger charge is -2.12. The van der Waals surface area contributed by atoms with Crippen LogP contribution in [-0.4, -0.2) is 23.5 Å². The van der Waals surface area contributed by atoms with Crippen molar-refractivity contribution in [3.8, 4) is 0 Å². The molecule has 0 saturated carbocycles. The van der Waals surface area contributed by atoms with E-state index in [1.807, 2.05) is 30.3 Å². The van der Waals surface area contributed by atoms with Crippen LogP contribution in [0.25, 0.3) is 10.9 Å². The first-order valence-electron chi connectivity index (χ1n) is 6.68. The van der Waals surface area contributed by atoms with Crippen molar-refractivity contribution in [2.75, 3.05) is 6.54 Å². The highest BCUT2D eigenvalue weighted by molar-refractivity contribution is 5.84. The highest BCUT2D eigenvalue weighted by atomic mass is 16.2. The van der Waals surface area contributed by atoms with E-state index in [1.165, 1.54) is 0 Å². The number of carbonyl (C=O) groups is 1. The van der Waals surface area contributed by atoms with Crippen molar-refractivity contribution >= 4 is 16.8 Å². The third-order valence-corrected chi connectivity index (χ3v) is 3.55. The molecular weight excluding hydrogens is 238 g/mol. The summed E-state index contributed by atoms with van der Waals surface area (Å²) in [4.78, 5) is 16.4. The predicted molar refractivity (Wildman–Crippen MR) is 74.6 cm³/mol. The van der Waals surface area contributed by atoms with Crippen LogP contribution in [0.5, 0.6) is 0 Å². The van der Waals surface area contributed by atoms with Gasteiger partial charge >= 0.3 is 0 Å². The van der Waals surface area contributed by atoms with Crippen molar-refractivity contribution in [3.05, 3.63) is 42.1 Å². The van der Waals surface area contributed by atoms with Crippen LogP contribution in [0, 0.1) is 0 Å². The lowest BCUT2D eigenvalue weighted by molar-refractivity contribution is -0.122. The molecule has 0 spiro atoms. The number of pyridine rings is 1.